The van der Waals surface area contributed by atoms with Crippen LogP contribution in [0.3, 0.4) is 0 Å². The van der Waals surface area contributed by atoms with Crippen LogP contribution in [0.1, 0.15) is 12.5 Å². The van der Waals surface area contributed by atoms with Crippen LogP contribution in [0, 0.1) is 0 Å². The maximum absolute atomic E-state index is 11.4. The van der Waals surface area contributed by atoms with Crippen molar-refractivity contribution in [3.05, 3.63) is 54.4 Å². The highest BCUT2D eigenvalue weighted by molar-refractivity contribution is 7.92. The van der Waals surface area contributed by atoms with E-state index in [0.29, 0.717) is 12.2 Å². The lowest BCUT2D eigenvalue weighted by molar-refractivity contribution is 0.602. The molecule has 2 rings (SSSR count). The van der Waals surface area contributed by atoms with Crippen molar-refractivity contribution < 1.29 is 8.42 Å². The van der Waals surface area contributed by atoms with Crippen LogP contribution in [0.4, 0.5) is 11.4 Å². The van der Waals surface area contributed by atoms with Gasteiger partial charge < -0.3 is 5.32 Å². The molecule has 0 bridgehead atoms. The third-order valence-corrected chi connectivity index (χ3v) is 4.09. The maximum atomic E-state index is 11.4. The first-order valence-electron chi connectivity index (χ1n) is 6.32. The number of nitrogens with zero attached hydrogens (tertiary/aromatic N) is 1. The lowest BCUT2D eigenvalue weighted by atomic mass is 10.2. The molecule has 0 atom stereocenters. The second-order valence-electron chi connectivity index (χ2n) is 4.29. The fourth-order valence-corrected chi connectivity index (χ4v) is 2.25. The van der Waals surface area contributed by atoms with E-state index < -0.39 is 10.0 Å². The summed E-state index contributed by atoms with van der Waals surface area (Å²) in [6, 6.07) is 11.0. The minimum absolute atomic E-state index is 0.0645. The van der Waals surface area contributed by atoms with Gasteiger partial charge in [-0.1, -0.05) is 0 Å². The summed E-state index contributed by atoms with van der Waals surface area (Å²) < 4.78 is 25.4. The normalized spacial score (nSPS) is 11.1. The van der Waals surface area contributed by atoms with Crippen LogP contribution in [0.15, 0.2) is 48.8 Å². The number of anilines is 2. The first-order chi connectivity index (χ1) is 9.59. The fourth-order valence-electron chi connectivity index (χ4n) is 1.61. The van der Waals surface area contributed by atoms with Gasteiger partial charge in [-0.15, -0.1) is 0 Å². The number of aromatic nitrogens is 1. The van der Waals surface area contributed by atoms with Crippen LogP contribution in [-0.2, 0) is 16.6 Å². The first-order valence-corrected chi connectivity index (χ1v) is 7.97. The third kappa shape index (κ3) is 4.24. The van der Waals surface area contributed by atoms with E-state index in [4.69, 9.17) is 0 Å². The lowest BCUT2D eigenvalue weighted by Crippen LogP contribution is -2.14. The molecule has 0 radical (unpaired) electrons. The topological polar surface area (TPSA) is 71.1 Å². The van der Waals surface area contributed by atoms with Gasteiger partial charge in [-0.2, -0.15) is 0 Å². The Labute approximate surface area is 119 Å². The molecule has 0 aliphatic carbocycles. The van der Waals surface area contributed by atoms with Crippen molar-refractivity contribution in [1.29, 1.82) is 0 Å². The molecule has 0 unspecified atom stereocenters. The van der Waals surface area contributed by atoms with E-state index in [0.717, 1.165) is 11.3 Å². The van der Waals surface area contributed by atoms with Crippen LogP contribution in [0.25, 0.3) is 0 Å². The second-order valence-corrected chi connectivity index (χ2v) is 6.30. The Hall–Kier alpha value is -2.08. The van der Waals surface area contributed by atoms with Crippen molar-refractivity contribution in [2.75, 3.05) is 15.8 Å². The van der Waals surface area contributed by atoms with Gasteiger partial charge >= 0.3 is 0 Å². The first kappa shape index (κ1) is 14.3. The van der Waals surface area contributed by atoms with Gasteiger partial charge in [-0.3, -0.25) is 9.71 Å². The molecule has 0 spiro atoms. The SMILES string of the molecule is CCS(=O)(=O)Nc1ccc(NCc2ccncc2)cc1. The van der Waals surface area contributed by atoms with E-state index in [1.807, 2.05) is 24.3 Å². The van der Waals surface area contributed by atoms with Gasteiger partial charge in [0.2, 0.25) is 10.0 Å². The van der Waals surface area contributed by atoms with Crippen LogP contribution in [-0.4, -0.2) is 19.2 Å². The summed E-state index contributed by atoms with van der Waals surface area (Å²) in [4.78, 5) is 3.96. The molecule has 0 amide bonds. The lowest BCUT2D eigenvalue weighted by Gasteiger charge is -2.09. The molecule has 0 aliphatic rings. The van der Waals surface area contributed by atoms with Crippen molar-refractivity contribution in [2.24, 2.45) is 0 Å². The van der Waals surface area contributed by atoms with Gasteiger partial charge in [0.1, 0.15) is 0 Å². The smallest absolute Gasteiger partial charge is 0.232 e. The summed E-state index contributed by atoms with van der Waals surface area (Å²) in [5.74, 6) is 0.0645. The van der Waals surface area contributed by atoms with Crippen molar-refractivity contribution in [1.82, 2.24) is 4.98 Å². The Morgan fingerprint density at radius 1 is 1.00 bits per heavy atom. The molecule has 1 aromatic heterocycles. The fraction of sp³-hybridized carbons (Fsp3) is 0.214. The Kier molecular flexibility index (Phi) is 4.57. The summed E-state index contributed by atoms with van der Waals surface area (Å²) in [5.41, 5.74) is 2.64. The minimum Gasteiger partial charge on any atom is -0.381 e. The van der Waals surface area contributed by atoms with E-state index in [9.17, 15) is 8.42 Å². The maximum Gasteiger partial charge on any atom is 0.232 e. The number of hydrogen-bond acceptors (Lipinski definition) is 4. The number of sulfonamides is 1. The highest BCUT2D eigenvalue weighted by Crippen LogP contribution is 2.15. The summed E-state index contributed by atoms with van der Waals surface area (Å²) >= 11 is 0. The Morgan fingerprint density at radius 3 is 2.20 bits per heavy atom. The predicted octanol–water partition coefficient (Wildman–Crippen LogP) is 2.46. The standard InChI is InChI=1S/C14H17N3O2S/c1-2-20(18,19)17-14-5-3-13(4-6-14)16-11-12-7-9-15-10-8-12/h3-10,16-17H,2,11H2,1H3. The molecule has 1 aromatic carbocycles. The highest BCUT2D eigenvalue weighted by Gasteiger charge is 2.05. The molecule has 2 N–H and O–H groups in total. The number of rotatable bonds is 6. The predicted molar refractivity (Wildman–Crippen MR) is 81.1 cm³/mol. The van der Waals surface area contributed by atoms with E-state index in [2.05, 4.69) is 15.0 Å². The molecule has 6 heteroatoms. The van der Waals surface area contributed by atoms with Crippen LogP contribution >= 0.6 is 0 Å². The molecule has 0 saturated heterocycles. The molecule has 0 saturated carbocycles. The van der Waals surface area contributed by atoms with Crippen molar-refractivity contribution >= 4 is 21.4 Å². The van der Waals surface area contributed by atoms with Crippen LogP contribution in [0.2, 0.25) is 0 Å². The number of hydrogen-bond donors (Lipinski definition) is 2. The molecule has 106 valence electrons. The average molecular weight is 291 g/mol. The second kappa shape index (κ2) is 6.38. The molecular formula is C14H17N3O2S. The number of nitrogens with one attached hydrogen (secondary N) is 2. The molecule has 0 aliphatic heterocycles. The van der Waals surface area contributed by atoms with E-state index >= 15 is 0 Å². The van der Waals surface area contributed by atoms with E-state index in [-0.39, 0.29) is 5.75 Å². The molecule has 20 heavy (non-hydrogen) atoms. The minimum atomic E-state index is -3.22. The molecule has 5 nitrogen and oxygen atoms in total. The van der Waals surface area contributed by atoms with E-state index in [1.165, 1.54) is 0 Å². The van der Waals surface area contributed by atoms with Gasteiger partial charge in [0, 0.05) is 30.3 Å². The van der Waals surface area contributed by atoms with Gasteiger partial charge in [-0.25, -0.2) is 8.42 Å². The van der Waals surface area contributed by atoms with Gasteiger partial charge in [0.25, 0.3) is 0 Å². The van der Waals surface area contributed by atoms with Crippen LogP contribution < -0.4 is 10.0 Å². The van der Waals surface area contributed by atoms with Gasteiger partial charge in [0.05, 0.1) is 5.75 Å². The monoisotopic (exact) mass is 291 g/mol. The highest BCUT2D eigenvalue weighted by atomic mass is 32.2. The number of benzene rings is 1. The third-order valence-electron chi connectivity index (χ3n) is 2.78. The van der Waals surface area contributed by atoms with Crippen molar-refractivity contribution in [3.63, 3.8) is 0 Å². The van der Waals surface area contributed by atoms with E-state index in [1.54, 1.807) is 31.5 Å². The molecule has 1 heterocycles. The zero-order valence-corrected chi connectivity index (χ0v) is 12.0. The zero-order valence-electron chi connectivity index (χ0n) is 11.2. The Bertz CT molecular complexity index is 640. The summed E-state index contributed by atoms with van der Waals surface area (Å²) in [6.45, 7) is 2.30. The summed E-state index contributed by atoms with van der Waals surface area (Å²) in [7, 11) is -3.22. The quantitative estimate of drug-likeness (QED) is 0.857. The summed E-state index contributed by atoms with van der Waals surface area (Å²) in [5, 5.41) is 3.26. The molecule has 2 aromatic rings. The largest absolute Gasteiger partial charge is 0.381 e. The van der Waals surface area contributed by atoms with Gasteiger partial charge in [0.15, 0.2) is 0 Å². The van der Waals surface area contributed by atoms with Crippen LogP contribution in [0.5, 0.6) is 0 Å². The number of pyridine rings is 1. The molecular weight excluding hydrogens is 274 g/mol. The molecule has 0 fully saturated rings. The van der Waals surface area contributed by atoms with Gasteiger partial charge in [-0.05, 0) is 48.9 Å². The summed E-state index contributed by atoms with van der Waals surface area (Å²) in [6.07, 6.45) is 3.50. The van der Waals surface area contributed by atoms with Crippen molar-refractivity contribution in [3.8, 4) is 0 Å². The van der Waals surface area contributed by atoms with Crippen molar-refractivity contribution in [2.45, 2.75) is 13.5 Å². The Balaban J connectivity index is 1.95. The Morgan fingerprint density at radius 2 is 1.60 bits per heavy atom. The zero-order chi connectivity index (χ0) is 14.4. The average Bonchev–Trinajstić information content (AvgIpc) is 2.47.